The number of hydrogen-bond donors (Lipinski definition) is 1. The summed E-state index contributed by atoms with van der Waals surface area (Å²) in [6.45, 7) is 3.75. The zero-order valence-corrected chi connectivity index (χ0v) is 10.7. The van der Waals surface area contributed by atoms with E-state index in [2.05, 4.69) is 4.74 Å². The van der Waals surface area contributed by atoms with E-state index in [1.807, 2.05) is 13.0 Å². The summed E-state index contributed by atoms with van der Waals surface area (Å²) < 4.78 is 4.55. The van der Waals surface area contributed by atoms with Crippen molar-refractivity contribution in [1.29, 1.82) is 0 Å². The van der Waals surface area contributed by atoms with Gasteiger partial charge >= 0.3 is 11.9 Å². The van der Waals surface area contributed by atoms with E-state index in [1.165, 1.54) is 13.2 Å². The van der Waals surface area contributed by atoms with Crippen LogP contribution < -0.4 is 0 Å². The number of esters is 1. The number of ether oxygens (including phenoxy) is 1. The molecule has 0 aliphatic heterocycles. The maximum atomic E-state index is 10.9. The Labute approximate surface area is 102 Å². The van der Waals surface area contributed by atoms with Gasteiger partial charge in [-0.1, -0.05) is 17.2 Å². The summed E-state index contributed by atoms with van der Waals surface area (Å²) in [5, 5.41) is 8.52. The van der Waals surface area contributed by atoms with Crippen LogP contribution >= 0.6 is 0 Å². The SMILES string of the molecule is COC(=O)CCC(C)=CCCC(C)=CC(=O)O. The predicted molar refractivity (Wildman–Crippen MR) is 65.6 cm³/mol. The highest BCUT2D eigenvalue weighted by Gasteiger charge is 2.00. The van der Waals surface area contributed by atoms with Crippen LogP contribution in [0.1, 0.15) is 39.5 Å². The molecular weight excluding hydrogens is 220 g/mol. The lowest BCUT2D eigenvalue weighted by atomic mass is 10.1. The van der Waals surface area contributed by atoms with Crippen LogP contribution in [0.2, 0.25) is 0 Å². The van der Waals surface area contributed by atoms with Gasteiger partial charge in [0.2, 0.25) is 0 Å². The van der Waals surface area contributed by atoms with Crippen LogP contribution in [0, 0.1) is 0 Å². The first-order valence-corrected chi connectivity index (χ1v) is 5.58. The third-order valence-corrected chi connectivity index (χ3v) is 2.35. The molecule has 0 bridgehead atoms. The summed E-state index contributed by atoms with van der Waals surface area (Å²) in [6, 6.07) is 0. The lowest BCUT2D eigenvalue weighted by Crippen LogP contribution is -1.99. The second kappa shape index (κ2) is 8.56. The van der Waals surface area contributed by atoms with Crippen molar-refractivity contribution in [3.05, 3.63) is 23.3 Å². The molecule has 0 radical (unpaired) electrons. The van der Waals surface area contributed by atoms with Gasteiger partial charge in [-0.3, -0.25) is 4.79 Å². The number of aliphatic carboxylic acids is 1. The molecule has 0 aliphatic rings. The molecule has 96 valence electrons. The van der Waals surface area contributed by atoms with Crippen molar-refractivity contribution >= 4 is 11.9 Å². The first-order chi connectivity index (χ1) is 7.95. The summed E-state index contributed by atoms with van der Waals surface area (Å²) in [5.74, 6) is -1.12. The fourth-order valence-electron chi connectivity index (χ4n) is 1.33. The van der Waals surface area contributed by atoms with E-state index in [0.717, 1.165) is 24.0 Å². The van der Waals surface area contributed by atoms with Crippen LogP contribution in [-0.4, -0.2) is 24.2 Å². The topological polar surface area (TPSA) is 63.6 Å². The number of carbonyl (C=O) groups is 2. The molecule has 0 amide bonds. The maximum absolute atomic E-state index is 10.9. The van der Waals surface area contributed by atoms with Gasteiger partial charge in [-0.15, -0.1) is 0 Å². The van der Waals surface area contributed by atoms with Crippen molar-refractivity contribution in [2.75, 3.05) is 7.11 Å². The van der Waals surface area contributed by atoms with E-state index in [9.17, 15) is 9.59 Å². The Hall–Kier alpha value is -1.58. The zero-order chi connectivity index (χ0) is 13.3. The van der Waals surface area contributed by atoms with Crippen molar-refractivity contribution in [2.45, 2.75) is 39.5 Å². The molecule has 0 saturated heterocycles. The molecule has 17 heavy (non-hydrogen) atoms. The van der Waals surface area contributed by atoms with Gasteiger partial charge < -0.3 is 9.84 Å². The monoisotopic (exact) mass is 240 g/mol. The smallest absolute Gasteiger partial charge is 0.328 e. The van der Waals surface area contributed by atoms with E-state index in [-0.39, 0.29) is 5.97 Å². The van der Waals surface area contributed by atoms with E-state index in [4.69, 9.17) is 5.11 Å². The van der Waals surface area contributed by atoms with Gasteiger partial charge in [0.15, 0.2) is 0 Å². The minimum absolute atomic E-state index is 0.209. The molecule has 0 aromatic heterocycles. The van der Waals surface area contributed by atoms with Crippen LogP contribution in [0.3, 0.4) is 0 Å². The van der Waals surface area contributed by atoms with Crippen LogP contribution in [0.25, 0.3) is 0 Å². The number of carboxylic acid groups (broad SMARTS) is 1. The normalized spacial score (nSPS) is 12.4. The van der Waals surface area contributed by atoms with Crippen molar-refractivity contribution < 1.29 is 19.4 Å². The minimum atomic E-state index is -0.908. The van der Waals surface area contributed by atoms with Gasteiger partial charge in [0.05, 0.1) is 7.11 Å². The molecule has 0 saturated carbocycles. The lowest BCUT2D eigenvalue weighted by molar-refractivity contribution is -0.140. The molecule has 1 N–H and O–H groups in total. The molecule has 0 aromatic carbocycles. The quantitative estimate of drug-likeness (QED) is 0.422. The van der Waals surface area contributed by atoms with E-state index < -0.39 is 5.97 Å². The molecule has 0 fully saturated rings. The van der Waals surface area contributed by atoms with E-state index >= 15 is 0 Å². The van der Waals surface area contributed by atoms with Gasteiger partial charge in [-0.25, -0.2) is 4.79 Å². The summed E-state index contributed by atoms with van der Waals surface area (Å²) in [6.07, 6.45) is 5.85. The number of hydrogen-bond acceptors (Lipinski definition) is 3. The molecule has 0 aromatic rings. The third kappa shape index (κ3) is 9.35. The Morgan fingerprint density at radius 1 is 1.12 bits per heavy atom. The average molecular weight is 240 g/mol. The molecular formula is C13H20O4. The average Bonchev–Trinajstić information content (AvgIpc) is 2.24. The molecule has 0 rings (SSSR count). The zero-order valence-electron chi connectivity index (χ0n) is 10.7. The first kappa shape index (κ1) is 15.4. The van der Waals surface area contributed by atoms with Crippen molar-refractivity contribution in [3.8, 4) is 0 Å². The van der Waals surface area contributed by atoms with E-state index in [1.54, 1.807) is 6.92 Å². The van der Waals surface area contributed by atoms with Crippen molar-refractivity contribution in [1.82, 2.24) is 0 Å². The molecule has 0 heterocycles. The van der Waals surface area contributed by atoms with Crippen LogP contribution in [-0.2, 0) is 14.3 Å². The number of methoxy groups -OCH3 is 1. The lowest BCUT2D eigenvalue weighted by Gasteiger charge is -2.01. The Bertz CT molecular complexity index is 326. The second-order valence-corrected chi connectivity index (χ2v) is 3.99. The minimum Gasteiger partial charge on any atom is -0.478 e. The molecule has 0 spiro atoms. The van der Waals surface area contributed by atoms with E-state index in [0.29, 0.717) is 12.8 Å². The number of rotatable bonds is 7. The highest BCUT2D eigenvalue weighted by atomic mass is 16.5. The fraction of sp³-hybridized carbons (Fsp3) is 0.538. The van der Waals surface area contributed by atoms with Gasteiger partial charge in [0.25, 0.3) is 0 Å². The van der Waals surface area contributed by atoms with Crippen molar-refractivity contribution in [2.24, 2.45) is 0 Å². The molecule has 0 atom stereocenters. The molecule has 4 nitrogen and oxygen atoms in total. The van der Waals surface area contributed by atoms with Crippen LogP contribution in [0.15, 0.2) is 23.3 Å². The fourth-order valence-corrected chi connectivity index (χ4v) is 1.33. The van der Waals surface area contributed by atoms with Gasteiger partial charge in [0.1, 0.15) is 0 Å². The Balaban J connectivity index is 3.92. The Kier molecular flexibility index (Phi) is 7.76. The largest absolute Gasteiger partial charge is 0.478 e. The molecule has 0 aliphatic carbocycles. The summed E-state index contributed by atoms with van der Waals surface area (Å²) >= 11 is 0. The van der Waals surface area contributed by atoms with Crippen LogP contribution in [0.4, 0.5) is 0 Å². The number of allylic oxidation sites excluding steroid dienone is 3. The van der Waals surface area contributed by atoms with Crippen LogP contribution in [0.5, 0.6) is 0 Å². The molecule has 0 unspecified atom stereocenters. The second-order valence-electron chi connectivity index (χ2n) is 3.99. The Morgan fingerprint density at radius 3 is 2.29 bits per heavy atom. The molecule has 4 heteroatoms. The summed E-state index contributed by atoms with van der Waals surface area (Å²) in [5.41, 5.74) is 1.97. The number of carboxylic acids is 1. The highest BCUT2D eigenvalue weighted by molar-refractivity contribution is 5.80. The van der Waals surface area contributed by atoms with Gasteiger partial charge in [-0.05, 0) is 33.1 Å². The van der Waals surface area contributed by atoms with Gasteiger partial charge in [0, 0.05) is 12.5 Å². The highest BCUT2D eigenvalue weighted by Crippen LogP contribution is 2.10. The standard InChI is InChI=1S/C13H20O4/c1-10(7-8-13(16)17-3)5-4-6-11(2)9-12(14)15/h5,9H,4,6-8H2,1-3H3,(H,14,15). The van der Waals surface area contributed by atoms with Crippen molar-refractivity contribution in [3.63, 3.8) is 0 Å². The maximum Gasteiger partial charge on any atom is 0.328 e. The first-order valence-electron chi connectivity index (χ1n) is 5.58. The van der Waals surface area contributed by atoms with Gasteiger partial charge in [-0.2, -0.15) is 0 Å². The summed E-state index contributed by atoms with van der Waals surface area (Å²) in [7, 11) is 1.38. The third-order valence-electron chi connectivity index (χ3n) is 2.35. The Morgan fingerprint density at radius 2 is 1.76 bits per heavy atom. The number of carbonyl (C=O) groups excluding carboxylic acids is 1. The summed E-state index contributed by atoms with van der Waals surface area (Å²) in [4.78, 5) is 21.3. The predicted octanol–water partition coefficient (Wildman–Crippen LogP) is 2.70.